The summed E-state index contributed by atoms with van der Waals surface area (Å²) in [4.78, 5) is 38.5. The van der Waals surface area contributed by atoms with Gasteiger partial charge in [0.25, 0.3) is 11.4 Å². The molecule has 0 aliphatic rings. The molecule has 0 saturated heterocycles. The van der Waals surface area contributed by atoms with Gasteiger partial charge in [-0.1, -0.05) is 12.1 Å². The molecule has 4 rings (SSSR count). The highest BCUT2D eigenvalue weighted by Gasteiger charge is 2.24. The molecule has 0 aliphatic heterocycles. The maximum atomic E-state index is 13.4. The summed E-state index contributed by atoms with van der Waals surface area (Å²) in [6.45, 7) is 0. The number of para-hydroxylation sites is 1. The zero-order chi connectivity index (χ0) is 22.8. The van der Waals surface area contributed by atoms with E-state index < -0.39 is 21.4 Å². The molecule has 0 amide bonds. The van der Waals surface area contributed by atoms with Gasteiger partial charge in [0, 0.05) is 35.4 Å². The first kappa shape index (κ1) is 20.8. The summed E-state index contributed by atoms with van der Waals surface area (Å²) < 4.78 is 0.799. The number of benzene rings is 3. The molecule has 0 atom stereocenters. The second-order valence-electron chi connectivity index (χ2n) is 6.65. The highest BCUT2D eigenvalue weighted by atomic mass is 32.1. The van der Waals surface area contributed by atoms with E-state index in [-0.39, 0.29) is 33.1 Å². The normalized spacial score (nSPS) is 11.8. The van der Waals surface area contributed by atoms with Crippen molar-refractivity contribution >= 4 is 50.0 Å². The minimum absolute atomic E-state index is 0.103. The van der Waals surface area contributed by atoms with Crippen LogP contribution in [0.25, 0.3) is 21.5 Å². The Balaban J connectivity index is 1.87. The van der Waals surface area contributed by atoms with Crippen LogP contribution >= 0.6 is 11.3 Å². The first-order valence-corrected chi connectivity index (χ1v) is 10.00. The van der Waals surface area contributed by atoms with Gasteiger partial charge in [-0.05, 0) is 36.4 Å². The number of carbonyl (C=O) groups excluding carboxylic acids is 1. The lowest BCUT2D eigenvalue weighted by Crippen LogP contribution is -2.06. The lowest BCUT2D eigenvalue weighted by molar-refractivity contribution is -0.385. The Kier molecular flexibility index (Phi) is 5.44. The lowest BCUT2D eigenvalue weighted by Gasteiger charge is -2.09. The van der Waals surface area contributed by atoms with Crippen molar-refractivity contribution in [2.75, 3.05) is 0 Å². The van der Waals surface area contributed by atoms with E-state index in [1.807, 2.05) is 12.1 Å². The van der Waals surface area contributed by atoms with Crippen LogP contribution in [-0.4, -0.2) is 25.7 Å². The van der Waals surface area contributed by atoms with E-state index in [0.29, 0.717) is 5.52 Å². The maximum Gasteiger partial charge on any atom is 0.269 e. The van der Waals surface area contributed by atoms with Crippen molar-refractivity contribution in [1.82, 2.24) is 4.98 Å². The summed E-state index contributed by atoms with van der Waals surface area (Å²) in [5.74, 6) is -0.989. The van der Waals surface area contributed by atoms with Crippen molar-refractivity contribution in [3.63, 3.8) is 0 Å². The molecule has 0 aliphatic carbocycles. The van der Waals surface area contributed by atoms with Crippen molar-refractivity contribution < 1.29 is 19.7 Å². The van der Waals surface area contributed by atoms with Crippen molar-refractivity contribution in [3.05, 3.63) is 109 Å². The fraction of sp³-hybridized carbons (Fsp3) is 0. The predicted molar refractivity (Wildman–Crippen MR) is 120 cm³/mol. The Hall–Kier alpha value is -4.44. The summed E-state index contributed by atoms with van der Waals surface area (Å²) in [6.07, 6.45) is 0. The number of carbonyl (C=O) groups is 1. The first-order chi connectivity index (χ1) is 15.3. The van der Waals surface area contributed by atoms with E-state index in [2.05, 4.69) is 4.98 Å². The van der Waals surface area contributed by atoms with E-state index in [0.717, 1.165) is 4.70 Å². The van der Waals surface area contributed by atoms with E-state index in [9.17, 15) is 30.1 Å². The molecular formula is C22H13N3O6S. The van der Waals surface area contributed by atoms with Crippen LogP contribution in [0.4, 0.5) is 11.4 Å². The Morgan fingerprint density at radius 1 is 0.812 bits per heavy atom. The Morgan fingerprint density at radius 2 is 1.34 bits per heavy atom. The quantitative estimate of drug-likeness (QED) is 0.137. The molecule has 0 radical (unpaired) electrons. The van der Waals surface area contributed by atoms with Crippen molar-refractivity contribution in [2.24, 2.45) is 0 Å². The van der Waals surface area contributed by atoms with E-state index in [4.69, 9.17) is 0 Å². The van der Waals surface area contributed by atoms with Gasteiger partial charge in [-0.15, -0.1) is 11.3 Å². The lowest BCUT2D eigenvalue weighted by atomic mass is 9.99. The maximum absolute atomic E-state index is 13.4. The summed E-state index contributed by atoms with van der Waals surface area (Å²) in [6, 6.07) is 17.3. The van der Waals surface area contributed by atoms with Crippen LogP contribution in [0.5, 0.6) is 0 Å². The number of hydrogen-bond donors (Lipinski definition) is 1. The van der Waals surface area contributed by atoms with Crippen molar-refractivity contribution in [1.29, 1.82) is 0 Å². The number of nitro benzene ring substituents is 2. The molecule has 0 spiro atoms. The zero-order valence-corrected chi connectivity index (χ0v) is 17.0. The second-order valence-corrected chi connectivity index (χ2v) is 7.68. The van der Waals surface area contributed by atoms with E-state index >= 15 is 0 Å². The molecule has 3 aromatic carbocycles. The molecule has 158 valence electrons. The van der Waals surface area contributed by atoms with Gasteiger partial charge in [0.1, 0.15) is 16.3 Å². The van der Waals surface area contributed by atoms with Gasteiger partial charge >= 0.3 is 0 Å². The van der Waals surface area contributed by atoms with E-state index in [1.54, 1.807) is 12.1 Å². The zero-order valence-electron chi connectivity index (χ0n) is 16.2. The fourth-order valence-electron chi connectivity index (χ4n) is 3.05. The number of nitro groups is 2. The molecule has 0 fully saturated rings. The molecule has 0 unspecified atom stereocenters. The Morgan fingerprint density at radius 3 is 1.88 bits per heavy atom. The fourth-order valence-corrected chi connectivity index (χ4v) is 4.06. The predicted octanol–water partition coefficient (Wildman–Crippen LogP) is 5.42. The van der Waals surface area contributed by atoms with Gasteiger partial charge in [-0.25, -0.2) is 4.98 Å². The average molecular weight is 447 g/mol. The SMILES string of the molecule is O=C(C(=C(O)c1ccc([N+](=O)[O-])cc1)c1nc2ccccc2s1)c1ccc([N+](=O)[O-])cc1. The summed E-state index contributed by atoms with van der Waals surface area (Å²) in [5.41, 5.74) is 0.516. The van der Waals surface area contributed by atoms with Crippen LogP contribution in [0.1, 0.15) is 20.9 Å². The van der Waals surface area contributed by atoms with E-state index in [1.165, 1.54) is 59.9 Å². The van der Waals surface area contributed by atoms with Gasteiger partial charge < -0.3 is 5.11 Å². The van der Waals surface area contributed by atoms with Crippen molar-refractivity contribution in [3.8, 4) is 0 Å². The van der Waals surface area contributed by atoms with Crippen LogP contribution in [0, 0.1) is 20.2 Å². The Labute approximate surface area is 184 Å². The summed E-state index contributed by atoms with van der Waals surface area (Å²) in [5, 5.41) is 33.1. The number of aliphatic hydroxyl groups excluding tert-OH is 1. The number of fused-ring (bicyclic) bond motifs is 1. The van der Waals surface area contributed by atoms with Crippen LogP contribution in [0.2, 0.25) is 0 Å². The minimum atomic E-state index is -0.588. The molecule has 1 N–H and O–H groups in total. The molecular weight excluding hydrogens is 434 g/mol. The minimum Gasteiger partial charge on any atom is -0.506 e. The summed E-state index contributed by atoms with van der Waals surface area (Å²) >= 11 is 1.20. The molecule has 10 heteroatoms. The number of non-ortho nitro benzene ring substituents is 2. The molecule has 1 heterocycles. The number of allylic oxidation sites excluding steroid dienone is 1. The number of ketones is 1. The standard InChI is InChI=1S/C22H13N3O6S/c26-20(13-5-9-15(10-6-13)24(28)29)19(22-23-17-3-1-2-4-18(17)32-22)21(27)14-7-11-16(12-8-14)25(30)31/h1-12,26H. The number of aromatic nitrogens is 1. The molecule has 0 saturated carbocycles. The third-order valence-electron chi connectivity index (χ3n) is 4.66. The molecule has 1 aromatic heterocycles. The molecule has 9 nitrogen and oxygen atoms in total. The smallest absolute Gasteiger partial charge is 0.269 e. The van der Waals surface area contributed by atoms with Gasteiger partial charge in [-0.3, -0.25) is 25.0 Å². The average Bonchev–Trinajstić information content (AvgIpc) is 3.22. The summed E-state index contributed by atoms with van der Waals surface area (Å²) in [7, 11) is 0. The third kappa shape index (κ3) is 3.94. The number of aliphatic hydroxyl groups is 1. The van der Waals surface area contributed by atoms with Crippen molar-refractivity contribution in [2.45, 2.75) is 0 Å². The van der Waals surface area contributed by atoms with Gasteiger partial charge in [0.2, 0.25) is 0 Å². The number of rotatable bonds is 6. The van der Waals surface area contributed by atoms with Gasteiger partial charge in [-0.2, -0.15) is 0 Å². The number of thiazole rings is 1. The van der Waals surface area contributed by atoms with Crippen LogP contribution < -0.4 is 0 Å². The third-order valence-corrected chi connectivity index (χ3v) is 5.72. The van der Waals surface area contributed by atoms with Crippen LogP contribution in [0.3, 0.4) is 0 Å². The second kappa shape index (κ2) is 8.36. The van der Waals surface area contributed by atoms with Crippen LogP contribution in [0.15, 0.2) is 72.8 Å². The van der Waals surface area contributed by atoms with Gasteiger partial charge in [0.05, 0.1) is 20.1 Å². The largest absolute Gasteiger partial charge is 0.506 e. The highest BCUT2D eigenvalue weighted by molar-refractivity contribution is 7.20. The van der Waals surface area contributed by atoms with Crippen LogP contribution in [-0.2, 0) is 0 Å². The molecule has 4 aromatic rings. The molecule has 0 bridgehead atoms. The number of nitrogens with zero attached hydrogens (tertiary/aromatic N) is 3. The number of hydrogen-bond acceptors (Lipinski definition) is 8. The van der Waals surface area contributed by atoms with Gasteiger partial charge in [0.15, 0.2) is 5.78 Å². The number of Topliss-reactive ketones (excluding diaryl/α,β-unsaturated/α-hetero) is 1. The first-order valence-electron chi connectivity index (χ1n) is 9.18. The highest BCUT2D eigenvalue weighted by Crippen LogP contribution is 2.34. The molecule has 32 heavy (non-hydrogen) atoms. The topological polar surface area (TPSA) is 136 Å². The monoisotopic (exact) mass is 447 g/mol. The Bertz CT molecular complexity index is 1360.